The number of rotatable bonds is 11. The first-order valence-corrected chi connectivity index (χ1v) is 53.5. The first kappa shape index (κ1) is 90.2. The summed E-state index contributed by atoms with van der Waals surface area (Å²) in [5.74, 6) is 3.70. The minimum Gasteiger partial charge on any atom is -0.396 e. The Hall–Kier alpha value is -9.61. The predicted molar refractivity (Wildman–Crippen MR) is 547 cm³/mol. The zero-order valence-electron chi connectivity index (χ0n) is 82.0. The fraction of sp³-hybridized carbons (Fsp3) is 0.504. The van der Waals surface area contributed by atoms with Crippen LogP contribution in [-0.2, 0) is 28.5 Å². The van der Waals surface area contributed by atoms with Crippen molar-refractivity contribution in [3.63, 3.8) is 0 Å². The number of pyridine rings is 4. The average Bonchev–Trinajstić information content (AvgIpc) is 1.53. The van der Waals surface area contributed by atoms with E-state index in [2.05, 4.69) is 246 Å². The zero-order valence-corrected chi connectivity index (χ0v) is 82.0. The van der Waals surface area contributed by atoms with Crippen LogP contribution in [0.1, 0.15) is 228 Å². The van der Waals surface area contributed by atoms with Crippen LogP contribution in [0.15, 0.2) is 288 Å². The van der Waals surface area contributed by atoms with Crippen LogP contribution in [0, 0.1) is 50.7 Å². The lowest BCUT2D eigenvalue weighted by Crippen LogP contribution is -2.64. The van der Waals surface area contributed by atoms with Crippen LogP contribution in [0.2, 0.25) is 0 Å². The van der Waals surface area contributed by atoms with Gasteiger partial charge in [-0.05, 0) is 347 Å². The largest absolute Gasteiger partial charge is 0.396 e. The van der Waals surface area contributed by atoms with Gasteiger partial charge in [0.2, 0.25) is 5.91 Å². The van der Waals surface area contributed by atoms with Gasteiger partial charge in [0.15, 0.2) is 0 Å². The fourth-order valence-corrected chi connectivity index (χ4v) is 34.8. The maximum Gasteiger partial charge on any atom is 0.243 e. The summed E-state index contributed by atoms with van der Waals surface area (Å²) in [6.45, 7) is 12.7. The molecule has 18 nitrogen and oxygen atoms in total. The van der Waals surface area contributed by atoms with Gasteiger partial charge < -0.3 is 55.0 Å². The average molecular weight is 1890 g/mol. The number of nitrogens with two attached hydrogens (primary N) is 1. The Bertz CT molecular complexity index is 6920. The van der Waals surface area contributed by atoms with Crippen LogP contribution >= 0.6 is 0 Å². The Morgan fingerprint density at radius 3 is 1.04 bits per heavy atom. The minimum atomic E-state index is -0.653. The number of carbonyl (C=O) groups is 1. The predicted octanol–water partition coefficient (Wildman–Crippen LogP) is 20.3. The Morgan fingerprint density at radius 1 is 0.383 bits per heavy atom. The molecule has 18 heteroatoms. The number of amides is 1. The number of aliphatic hydroxyl groups is 5. The van der Waals surface area contributed by atoms with Crippen molar-refractivity contribution < 1.29 is 54.0 Å². The number of ether oxygens (including phenoxy) is 5. The molecule has 8 aromatic rings. The second kappa shape index (κ2) is 32.4. The van der Waals surface area contributed by atoms with Gasteiger partial charge in [0.05, 0.1) is 82.4 Å². The summed E-state index contributed by atoms with van der Waals surface area (Å²) in [5, 5.41) is 60.2. The summed E-state index contributed by atoms with van der Waals surface area (Å²) >= 11 is 0. The van der Waals surface area contributed by atoms with E-state index in [1.165, 1.54) is 161 Å². The normalized spacial score (nSPS) is 41.6. The highest BCUT2D eigenvalue weighted by atomic mass is 16.6. The molecule has 30 rings (SSSR count). The lowest BCUT2D eigenvalue weighted by atomic mass is 9.58. The van der Waals surface area contributed by atoms with Gasteiger partial charge in [-0.2, -0.15) is 0 Å². The monoisotopic (exact) mass is 1890 g/mol. The number of primary amides is 1. The number of nitrogens with zero attached hydrogens (tertiary/aromatic N) is 6. The lowest BCUT2D eigenvalue weighted by molar-refractivity contribution is -0.143. The molecule has 12 aliphatic carbocycles. The molecule has 8 bridgehead atoms. The minimum absolute atomic E-state index is 0.0512. The molecule has 141 heavy (non-hydrogen) atoms. The molecule has 0 radical (unpaired) electrons. The van der Waals surface area contributed by atoms with E-state index in [9.17, 15) is 30.3 Å². The van der Waals surface area contributed by atoms with Gasteiger partial charge in [0.25, 0.3) is 0 Å². The Balaban J connectivity index is 0.0000000944. The van der Waals surface area contributed by atoms with Crippen LogP contribution in [0.25, 0.3) is 43.1 Å². The second-order valence-electron chi connectivity index (χ2n) is 48.6. The van der Waals surface area contributed by atoms with Crippen LogP contribution in [-0.4, -0.2) is 188 Å². The van der Waals surface area contributed by atoms with Crippen molar-refractivity contribution in [2.75, 3.05) is 46.0 Å². The highest BCUT2D eigenvalue weighted by Gasteiger charge is 2.72. The van der Waals surface area contributed by atoms with E-state index in [-0.39, 0.29) is 104 Å². The summed E-state index contributed by atoms with van der Waals surface area (Å²) in [7, 11) is 0. The summed E-state index contributed by atoms with van der Waals surface area (Å²) in [6, 6.07) is 36.8. The van der Waals surface area contributed by atoms with Crippen LogP contribution < -0.4 is 5.73 Å². The Labute approximate surface area is 827 Å². The number of aromatic nitrogens is 4. The first-order valence-electron chi connectivity index (χ1n) is 53.5. The van der Waals surface area contributed by atoms with Gasteiger partial charge in [-0.1, -0.05) is 173 Å². The van der Waals surface area contributed by atoms with Crippen LogP contribution in [0.4, 0.5) is 0 Å². The first-order chi connectivity index (χ1) is 68.3. The van der Waals surface area contributed by atoms with Gasteiger partial charge in [-0.15, -0.1) is 0 Å². The molecule has 4 saturated carbocycles. The van der Waals surface area contributed by atoms with Gasteiger partial charge >= 0.3 is 0 Å². The van der Waals surface area contributed by atoms with Gasteiger partial charge in [0, 0.05) is 128 Å². The number of hydrogen-bond donors (Lipinski definition) is 6. The van der Waals surface area contributed by atoms with Crippen molar-refractivity contribution in [2.24, 2.45) is 56.5 Å². The fourth-order valence-electron chi connectivity index (χ4n) is 34.8. The highest BCUT2D eigenvalue weighted by Crippen LogP contribution is 2.75. The molecule has 6 saturated heterocycles. The van der Waals surface area contributed by atoms with E-state index in [4.69, 9.17) is 29.4 Å². The van der Waals surface area contributed by atoms with E-state index < -0.39 is 24.2 Å². The molecule has 1 amide bonds. The summed E-state index contributed by atoms with van der Waals surface area (Å²) in [5.41, 5.74) is 20.5. The van der Waals surface area contributed by atoms with E-state index in [0.29, 0.717) is 72.9 Å². The third-order valence-corrected chi connectivity index (χ3v) is 41.9. The number of hydrogen-bond acceptors (Lipinski definition) is 17. The molecular weight excluding hydrogens is 1750 g/mol. The number of aliphatic hydroxyl groups excluding tert-OH is 5. The van der Waals surface area contributed by atoms with Gasteiger partial charge in [0.1, 0.15) is 6.61 Å². The molecule has 728 valence electrons. The third kappa shape index (κ3) is 13.5. The molecule has 22 aliphatic rings. The summed E-state index contributed by atoms with van der Waals surface area (Å²) in [4.78, 5) is 33.4. The Kier molecular flexibility index (Phi) is 20.7. The van der Waals surface area contributed by atoms with Crippen molar-refractivity contribution in [3.8, 4) is 0 Å². The van der Waals surface area contributed by atoms with Gasteiger partial charge in [-0.25, -0.2) is 0 Å². The third-order valence-electron chi connectivity index (χ3n) is 41.9. The van der Waals surface area contributed by atoms with Crippen molar-refractivity contribution in [2.45, 2.75) is 287 Å². The molecule has 8 spiro atoms. The van der Waals surface area contributed by atoms with Crippen molar-refractivity contribution in [1.82, 2.24) is 29.7 Å². The van der Waals surface area contributed by atoms with E-state index >= 15 is 0 Å². The maximum absolute atomic E-state index is 11.3. The number of carbonyl (C=O) groups excluding carboxylic acids is 1. The number of β-amino-alcohol motifs (C(OH)–C–C–N with tert-alkyl or cyclic N) is 2. The van der Waals surface area contributed by atoms with E-state index in [0.717, 1.165) is 109 Å². The topological polar surface area (TPSA) is 248 Å². The van der Waals surface area contributed by atoms with Crippen LogP contribution in [0.5, 0.6) is 0 Å². The molecule has 0 unspecified atom stereocenters. The zero-order chi connectivity index (χ0) is 95.4. The smallest absolute Gasteiger partial charge is 0.243 e. The van der Waals surface area contributed by atoms with Gasteiger partial charge in [-0.3, -0.25) is 34.5 Å². The molecule has 14 heterocycles. The molecule has 4 aromatic heterocycles. The molecule has 10 aliphatic heterocycles. The molecule has 7 N–H and O–H groups in total. The van der Waals surface area contributed by atoms with Crippen LogP contribution in [0.3, 0.4) is 0 Å². The highest BCUT2D eigenvalue weighted by molar-refractivity contribution is 5.85. The molecule has 10 fully saturated rings. The van der Waals surface area contributed by atoms with E-state index in [1.807, 2.05) is 55.7 Å². The van der Waals surface area contributed by atoms with Crippen molar-refractivity contribution >= 4 is 49.0 Å². The number of likely N-dealkylation sites (tertiary alicyclic amines) is 2. The second-order valence-corrected chi connectivity index (χ2v) is 48.6. The number of fused-ring (bicyclic) bond motifs is 8. The standard InChI is InChI=1S/C33H38N2O3.C32H36N2O3.C30H32N2O3.C28H29NO2/c1-30-10-8-26-15-25-4-5-27(35-18-31(19-35,20-36)21-37)16-32(25)11-12-33(26,38-32)29(30)7-6-28(30)23-3-2-22-9-13-34-17-24(22)14-23;1-30-10-8-24-15-23-4-5-25(34-18-27(35)28(36)19-34)16-31(23)11-12-32(24,37-31)29(30)7-6-26(30)21-3-2-20-9-13-33-17-22(20)14-21;1-28-10-8-23-15-22-4-5-24(34-18-27(31)33)16-29(22)11-12-30(23,35-29)26(28)7-6-25(28)20-3-2-19-9-13-32-17-21(19)14-20;1-26-10-8-22-15-21-4-5-23(30)16-27(21)11-12-28(22,31-27)25(26)7-6-24(26)19-3-2-18-9-13-29-17-20(18)14-19/h2-5,8-9,13-15,17,27-29,36-37H,6-7,10-12,16,18-21H2,1H3;2-5,8-9,13-15,17,25-29,35-36H,6-7,10-12,16,18-19H2,1H3;2-5,8-9,13-15,17,24-26H,6-7,10-12,16,18H2,1H3,(H2,31,33);2-5,8-9,13-15,17,23-25,30H,6-7,10-12,16H2,1H3/t27-,28-,29-,30-,32-,33-;25-,26-,27-,28+,29-,30-,31-,32-;24-,25-,26-,28-,29-,30-;23-,24-,25-,26-,27-,28-/m1111/s1. The summed E-state index contributed by atoms with van der Waals surface area (Å²) in [6.07, 6.45) is 76.6. The number of benzene rings is 4. The summed E-state index contributed by atoms with van der Waals surface area (Å²) < 4.78 is 35.0. The lowest BCUT2D eigenvalue weighted by Gasteiger charge is -2.56. The molecule has 4 aromatic carbocycles. The quantitative estimate of drug-likeness (QED) is 0.0704. The maximum atomic E-state index is 11.3. The molecular formula is C123H135N7O11. The SMILES string of the molecule is C[C@]12CC=C3C=C4C=C[C@@H](N5CC(CO)(CO)C5)C[C@]45CC[C@]3(O5)[C@@H]1CC[C@@H]2c1ccc2ccncc2c1.C[C@]12CC=C3C=C4C=C[C@@H](N5C[C@@H](O)[C@@H](O)C5)C[C@]45CC[C@]3(O5)[C@@H]1CC[C@@H]2c1ccc2ccncc2c1.C[C@]12CC=C3C=C4C=C[C@@H](O)C[C@]45CC[C@]3(O5)[C@@H]1CC[C@@H]2c1ccc2ccncc2c1.C[C@]12CC=C3C=C4C=C[C@@H](OCC(N)=O)C[C@]45CC[C@]3(O5)[C@@H]1CC[C@@H]2c1ccc2ccncc2c1. The van der Waals surface area contributed by atoms with Crippen molar-refractivity contribution in [1.29, 1.82) is 0 Å². The molecule has 26 atom stereocenters. The van der Waals surface area contributed by atoms with E-state index in [1.54, 1.807) is 0 Å². The Morgan fingerprint density at radius 2 is 0.702 bits per heavy atom. The number of allylic oxidation sites excluding steroid dienone is 4. The van der Waals surface area contributed by atoms with Crippen molar-refractivity contribution in [3.05, 3.63) is 311 Å².